The number of nitrogens with zero attached hydrogens (tertiary/aromatic N) is 6. The van der Waals surface area contributed by atoms with Crippen LogP contribution in [0.3, 0.4) is 0 Å². The highest BCUT2D eigenvalue weighted by atomic mass is 28.4. The van der Waals surface area contributed by atoms with Gasteiger partial charge in [0.1, 0.15) is 41.4 Å². The number of rotatable bonds is 20. The van der Waals surface area contributed by atoms with Crippen LogP contribution in [0.15, 0.2) is 140 Å². The highest BCUT2D eigenvalue weighted by Gasteiger charge is 2.54. The highest BCUT2D eigenvalue weighted by Crippen LogP contribution is 2.48. The molecule has 14 nitrogen and oxygen atoms in total. The number of para-hydroxylation sites is 1. The van der Waals surface area contributed by atoms with Crippen LogP contribution in [0.1, 0.15) is 93.7 Å². The zero-order valence-electron chi connectivity index (χ0n) is 44.4. The quantitative estimate of drug-likeness (QED) is 0.0571. The molecule has 1 aliphatic rings. The van der Waals surface area contributed by atoms with E-state index >= 15 is 0 Å². The van der Waals surface area contributed by atoms with Crippen LogP contribution in [-0.2, 0) is 25.9 Å². The maximum Gasteiger partial charge on any atom is 0.256 e. The predicted molar refractivity (Wildman–Crippen MR) is 292 cm³/mol. The van der Waals surface area contributed by atoms with E-state index in [1.165, 1.54) is 6.33 Å². The first-order chi connectivity index (χ1) is 35.5. The van der Waals surface area contributed by atoms with Gasteiger partial charge < -0.3 is 38.3 Å². The molecular weight excluding hydrogens is 947 g/mol. The summed E-state index contributed by atoms with van der Waals surface area (Å²) in [4.78, 5) is 30.0. The molecule has 1 aliphatic heterocycles. The maximum atomic E-state index is 13.5. The van der Waals surface area contributed by atoms with Crippen molar-refractivity contribution in [1.29, 1.82) is 5.26 Å². The molecule has 7 aromatic rings. The SMILES string of the molecule is COc1ccc(C(OC[C@H]2O[C@@H](n3cnc4c(NC(=O)c5ccccc5)ncnc43)[C@H](O[Si](C)(C)C(C)(C)C)[C@@H]2Oc2cccc(CCC#N)c2N(C(C)C)C(C)C)(c2ccccc2)c2ccc(OC)cc2)cc1. The molecule has 0 aliphatic carbocycles. The van der Waals surface area contributed by atoms with Gasteiger partial charge in [-0.05, 0) is 117 Å². The van der Waals surface area contributed by atoms with E-state index in [0.717, 1.165) is 27.9 Å². The number of nitriles is 1. The molecule has 74 heavy (non-hydrogen) atoms. The van der Waals surface area contributed by atoms with Gasteiger partial charge in [0.15, 0.2) is 37.6 Å². The molecule has 1 fully saturated rings. The number of carbonyl (C=O) groups is 1. The van der Waals surface area contributed by atoms with Crippen LogP contribution >= 0.6 is 0 Å². The summed E-state index contributed by atoms with van der Waals surface area (Å²) in [5.74, 6) is 1.96. The number of aryl methyl sites for hydroxylation is 1. The molecular formula is C59H69N7O7Si. The third kappa shape index (κ3) is 10.9. The Morgan fingerprint density at radius 1 is 0.784 bits per heavy atom. The van der Waals surface area contributed by atoms with Gasteiger partial charge in [-0.2, -0.15) is 5.26 Å². The van der Waals surface area contributed by atoms with Crippen molar-refractivity contribution in [2.24, 2.45) is 0 Å². The second-order valence-electron chi connectivity index (χ2n) is 20.7. The third-order valence-corrected chi connectivity index (χ3v) is 18.8. The van der Waals surface area contributed by atoms with Gasteiger partial charge in [0.05, 0.1) is 38.9 Å². The minimum atomic E-state index is -2.68. The molecule has 15 heteroatoms. The number of imidazole rings is 1. The summed E-state index contributed by atoms with van der Waals surface area (Å²) in [6, 6.07) is 43.6. The number of amides is 1. The minimum absolute atomic E-state index is 0.00695. The van der Waals surface area contributed by atoms with E-state index in [2.05, 4.69) is 101 Å². The molecule has 0 spiro atoms. The number of nitrogens with one attached hydrogen (secondary N) is 1. The summed E-state index contributed by atoms with van der Waals surface area (Å²) in [7, 11) is 0.623. The van der Waals surface area contributed by atoms with Crippen LogP contribution in [0.4, 0.5) is 11.5 Å². The number of methoxy groups -OCH3 is 2. The summed E-state index contributed by atoms with van der Waals surface area (Å²) >= 11 is 0. The summed E-state index contributed by atoms with van der Waals surface area (Å²) in [5, 5.41) is 12.6. The number of benzene rings is 5. The van der Waals surface area contributed by atoms with Crippen molar-refractivity contribution >= 4 is 36.9 Å². The van der Waals surface area contributed by atoms with Crippen molar-refractivity contribution in [3.8, 4) is 23.3 Å². The molecule has 1 saturated heterocycles. The first-order valence-corrected chi connectivity index (χ1v) is 28.2. The Kier molecular flexibility index (Phi) is 16.2. The zero-order valence-corrected chi connectivity index (χ0v) is 45.4. The van der Waals surface area contributed by atoms with Crippen LogP contribution in [-0.4, -0.2) is 85.0 Å². The van der Waals surface area contributed by atoms with Gasteiger partial charge in [-0.3, -0.25) is 9.36 Å². The molecule has 0 saturated carbocycles. The Morgan fingerprint density at radius 3 is 1.95 bits per heavy atom. The lowest BCUT2D eigenvalue weighted by Crippen LogP contribution is -2.51. The van der Waals surface area contributed by atoms with E-state index in [0.29, 0.717) is 46.8 Å². The van der Waals surface area contributed by atoms with Gasteiger partial charge in [-0.15, -0.1) is 0 Å². The molecule has 1 N–H and O–H groups in total. The predicted octanol–water partition coefficient (Wildman–Crippen LogP) is 11.9. The Balaban J connectivity index is 1.33. The lowest BCUT2D eigenvalue weighted by atomic mass is 9.80. The van der Waals surface area contributed by atoms with Crippen molar-refractivity contribution in [2.75, 3.05) is 31.0 Å². The van der Waals surface area contributed by atoms with Gasteiger partial charge in [-0.25, -0.2) is 15.0 Å². The van der Waals surface area contributed by atoms with E-state index in [4.69, 9.17) is 38.1 Å². The second-order valence-corrected chi connectivity index (χ2v) is 25.4. The van der Waals surface area contributed by atoms with E-state index in [-0.39, 0.29) is 35.5 Å². The standard InChI is InChI=1S/C59H69N7O7Si/c1-39(2)66(40(3)4)51-41(23-19-35-60)22-18-26-48(51)71-52-49(36-70-59(43-24-16-13-17-25-43,44-27-31-46(68-8)32-28-44)45-29-33-47(69-9)34-30-45)72-57(53(52)73-74(10,11)58(5,6)7)65-38-63-50-54(61-37-62-55(50)65)64-56(67)42-20-14-12-15-21-42/h12-18,20-22,24-34,37-40,49,52-53,57H,19,23,36H2,1-11H3,(H,61,62,64,67)/t49-,52-,53-,57-/m1/s1. The van der Waals surface area contributed by atoms with Crippen molar-refractivity contribution in [1.82, 2.24) is 19.5 Å². The summed E-state index contributed by atoms with van der Waals surface area (Å²) in [6.07, 6.45) is 0.708. The average Bonchev–Trinajstić information content (AvgIpc) is 3.97. The first-order valence-electron chi connectivity index (χ1n) is 25.3. The fourth-order valence-electron chi connectivity index (χ4n) is 9.64. The zero-order chi connectivity index (χ0) is 52.8. The van der Waals surface area contributed by atoms with Gasteiger partial charge in [0.25, 0.3) is 5.91 Å². The Hall–Kier alpha value is -7.09. The van der Waals surface area contributed by atoms with E-state index < -0.39 is 38.5 Å². The normalized spacial score (nSPS) is 17.1. The van der Waals surface area contributed by atoms with Crippen molar-refractivity contribution in [3.63, 3.8) is 0 Å². The third-order valence-electron chi connectivity index (χ3n) is 14.3. The molecule has 5 aromatic carbocycles. The number of aromatic nitrogens is 4. The molecule has 0 radical (unpaired) electrons. The van der Waals surface area contributed by atoms with Crippen LogP contribution in [0.25, 0.3) is 11.2 Å². The number of anilines is 2. The molecule has 8 rings (SSSR count). The Labute approximate surface area is 436 Å². The highest BCUT2D eigenvalue weighted by molar-refractivity contribution is 6.74. The van der Waals surface area contributed by atoms with Crippen LogP contribution in [0.5, 0.6) is 17.2 Å². The van der Waals surface area contributed by atoms with Gasteiger partial charge in [0, 0.05) is 24.1 Å². The summed E-state index contributed by atoms with van der Waals surface area (Å²) in [5.41, 5.74) is 4.60. The van der Waals surface area contributed by atoms with Crippen LogP contribution in [0, 0.1) is 11.3 Å². The fourth-order valence-corrected chi connectivity index (χ4v) is 10.9. The van der Waals surface area contributed by atoms with E-state index in [9.17, 15) is 10.1 Å². The number of hydrogen-bond donors (Lipinski definition) is 1. The first kappa shape index (κ1) is 53.2. The molecule has 0 unspecified atom stereocenters. The van der Waals surface area contributed by atoms with Crippen LogP contribution < -0.4 is 24.4 Å². The van der Waals surface area contributed by atoms with Crippen molar-refractivity contribution < 1.29 is 32.9 Å². The minimum Gasteiger partial charge on any atom is -0.497 e. The lowest BCUT2D eigenvalue weighted by Gasteiger charge is -2.41. The van der Waals surface area contributed by atoms with Crippen molar-refractivity contribution in [2.45, 2.75) is 122 Å². The molecule has 2 aromatic heterocycles. The molecule has 1 amide bonds. The van der Waals surface area contributed by atoms with E-state index in [1.54, 1.807) is 32.7 Å². The average molecular weight is 1020 g/mol. The van der Waals surface area contributed by atoms with Gasteiger partial charge in [-0.1, -0.05) is 106 Å². The lowest BCUT2D eigenvalue weighted by molar-refractivity contribution is -0.0919. The largest absolute Gasteiger partial charge is 0.497 e. The topological polar surface area (TPSA) is 155 Å². The molecule has 386 valence electrons. The number of carbonyl (C=O) groups excluding carboxylic acids is 1. The number of hydrogen-bond acceptors (Lipinski definition) is 12. The number of fused-ring (bicyclic) bond motifs is 1. The molecule has 4 atom stereocenters. The van der Waals surface area contributed by atoms with E-state index in [1.807, 2.05) is 102 Å². The van der Waals surface area contributed by atoms with Gasteiger partial charge >= 0.3 is 0 Å². The summed E-state index contributed by atoms with van der Waals surface area (Å²) < 4.78 is 43.5. The monoisotopic (exact) mass is 1020 g/mol. The molecule has 3 heterocycles. The number of ether oxygens (including phenoxy) is 5. The fraction of sp³-hybridized carbons (Fsp3) is 0.373. The smallest absolute Gasteiger partial charge is 0.256 e. The van der Waals surface area contributed by atoms with Gasteiger partial charge in [0.2, 0.25) is 0 Å². The van der Waals surface area contributed by atoms with Crippen molar-refractivity contribution in [3.05, 3.63) is 168 Å². The second kappa shape index (κ2) is 22.6. The van der Waals surface area contributed by atoms with Crippen LogP contribution in [0.2, 0.25) is 18.1 Å². The Morgan fingerprint density at radius 2 is 1.38 bits per heavy atom. The maximum absolute atomic E-state index is 13.5. The molecule has 0 bridgehead atoms. The Bertz CT molecular complexity index is 2970. The summed E-state index contributed by atoms with van der Waals surface area (Å²) in [6.45, 7) is 19.8.